The van der Waals surface area contributed by atoms with Gasteiger partial charge >= 0.3 is 0 Å². The lowest BCUT2D eigenvalue weighted by atomic mass is 10.0. The highest BCUT2D eigenvalue weighted by Gasteiger charge is 2.18. The summed E-state index contributed by atoms with van der Waals surface area (Å²) in [5.41, 5.74) is 0. The molecule has 0 aromatic carbocycles. The summed E-state index contributed by atoms with van der Waals surface area (Å²) >= 11 is 0. The first-order valence-electron chi connectivity index (χ1n) is 28.2. The van der Waals surface area contributed by atoms with Crippen molar-refractivity contribution in [3.8, 4) is 0 Å². The van der Waals surface area contributed by atoms with Gasteiger partial charge in [0.05, 0.1) is 18.8 Å². The molecule has 62 heavy (non-hydrogen) atoms. The molecule has 2 atom stereocenters. The van der Waals surface area contributed by atoms with Crippen LogP contribution in [0.2, 0.25) is 0 Å². The predicted octanol–water partition coefficient (Wildman–Crippen LogP) is 18.5. The third kappa shape index (κ3) is 49.6. The first-order valence-corrected chi connectivity index (χ1v) is 28.2. The van der Waals surface area contributed by atoms with E-state index in [9.17, 15) is 15.0 Å². The Balaban J connectivity index is 3.35. The summed E-state index contributed by atoms with van der Waals surface area (Å²) in [7, 11) is 0. The highest BCUT2D eigenvalue weighted by atomic mass is 16.3. The Kier molecular flexibility index (Phi) is 52.7. The van der Waals surface area contributed by atoms with Crippen molar-refractivity contribution in [2.24, 2.45) is 0 Å². The minimum Gasteiger partial charge on any atom is -0.394 e. The molecule has 0 rings (SSSR count). The fourth-order valence-electron chi connectivity index (χ4n) is 8.78. The summed E-state index contributed by atoms with van der Waals surface area (Å²) in [6.45, 7) is 4.29. The molecule has 0 aromatic heterocycles. The normalized spacial score (nSPS) is 13.0. The number of rotatable bonds is 52. The Morgan fingerprint density at radius 3 is 0.935 bits per heavy atom. The van der Waals surface area contributed by atoms with Gasteiger partial charge in [0.1, 0.15) is 0 Å². The van der Waals surface area contributed by atoms with E-state index in [0.29, 0.717) is 6.42 Å². The Bertz CT molecular complexity index is 943. The van der Waals surface area contributed by atoms with Crippen molar-refractivity contribution in [2.75, 3.05) is 6.61 Å². The van der Waals surface area contributed by atoms with Crippen LogP contribution >= 0.6 is 0 Å². The topological polar surface area (TPSA) is 69.6 Å². The van der Waals surface area contributed by atoms with Crippen molar-refractivity contribution in [2.45, 2.75) is 321 Å². The number of unbranched alkanes of at least 4 members (excludes halogenated alkanes) is 41. The van der Waals surface area contributed by atoms with Crippen LogP contribution in [0.1, 0.15) is 309 Å². The average Bonchev–Trinajstić information content (AvgIpc) is 3.28. The van der Waals surface area contributed by atoms with Crippen LogP contribution < -0.4 is 5.32 Å². The molecule has 0 aromatic rings. The lowest BCUT2D eigenvalue weighted by Gasteiger charge is -2.19. The van der Waals surface area contributed by atoms with Gasteiger partial charge < -0.3 is 15.5 Å². The standard InChI is InChI=1S/C58H111NO3/c1-3-5-7-9-11-13-15-16-17-18-19-20-21-22-23-24-25-26-27-28-29-30-31-32-33-34-35-36-37-38-39-40-41-42-44-46-48-50-52-54-58(62)59-56(55-60)57(61)53-51-49-47-45-43-14-12-10-8-6-4-2/h18-19,43,45,51,53,56-57,60-61H,3-17,20-42,44,46-50,52,54-55H2,1-2H3,(H,59,62)/b19-18-,45-43+,53-51+. The van der Waals surface area contributed by atoms with E-state index in [1.807, 2.05) is 6.08 Å². The van der Waals surface area contributed by atoms with E-state index in [0.717, 1.165) is 32.1 Å². The Morgan fingerprint density at radius 1 is 0.371 bits per heavy atom. The molecule has 3 N–H and O–H groups in total. The number of amides is 1. The zero-order chi connectivity index (χ0) is 44.9. The van der Waals surface area contributed by atoms with E-state index >= 15 is 0 Å². The van der Waals surface area contributed by atoms with Crippen LogP contribution in [-0.4, -0.2) is 34.9 Å². The maximum absolute atomic E-state index is 12.4. The fraction of sp³-hybridized carbons (Fsp3) is 0.879. The van der Waals surface area contributed by atoms with Gasteiger partial charge in [0.15, 0.2) is 0 Å². The van der Waals surface area contributed by atoms with Crippen molar-refractivity contribution in [1.29, 1.82) is 0 Å². The zero-order valence-corrected chi connectivity index (χ0v) is 42.2. The molecule has 0 aliphatic rings. The van der Waals surface area contributed by atoms with Crippen LogP contribution in [0.4, 0.5) is 0 Å². The number of hydrogen-bond acceptors (Lipinski definition) is 3. The molecule has 0 saturated heterocycles. The van der Waals surface area contributed by atoms with Crippen LogP contribution in [0.25, 0.3) is 0 Å². The van der Waals surface area contributed by atoms with Gasteiger partial charge in [0.25, 0.3) is 0 Å². The first-order chi connectivity index (χ1) is 30.7. The second kappa shape index (κ2) is 53.9. The van der Waals surface area contributed by atoms with Crippen LogP contribution in [0.3, 0.4) is 0 Å². The number of aliphatic hydroxyl groups excluding tert-OH is 2. The summed E-state index contributed by atoms with van der Waals surface area (Å²) < 4.78 is 0. The minimum atomic E-state index is -0.858. The van der Waals surface area contributed by atoms with E-state index in [4.69, 9.17) is 0 Å². The molecule has 0 aliphatic carbocycles. The molecule has 0 fully saturated rings. The van der Waals surface area contributed by atoms with Gasteiger partial charge in [0, 0.05) is 6.42 Å². The maximum Gasteiger partial charge on any atom is 0.220 e. The smallest absolute Gasteiger partial charge is 0.220 e. The molecule has 1 amide bonds. The number of hydrogen-bond donors (Lipinski definition) is 3. The van der Waals surface area contributed by atoms with E-state index < -0.39 is 12.1 Å². The third-order valence-corrected chi connectivity index (χ3v) is 13.1. The SMILES string of the molecule is CCCCCCC/C=C/CC/C=C/C(O)C(CO)NC(=O)CCCCCCCCCCCCCCCCCCCCCCCCCCCCC/C=C\CCCCCCCCCC. The van der Waals surface area contributed by atoms with E-state index in [-0.39, 0.29) is 12.5 Å². The molecule has 2 unspecified atom stereocenters. The lowest BCUT2D eigenvalue weighted by Crippen LogP contribution is -2.45. The Labute approximate surface area is 389 Å². The molecular formula is C58H111NO3. The molecule has 366 valence electrons. The van der Waals surface area contributed by atoms with Gasteiger partial charge in [-0.3, -0.25) is 4.79 Å². The molecule has 0 heterocycles. The predicted molar refractivity (Wildman–Crippen MR) is 276 cm³/mol. The summed E-state index contributed by atoms with van der Waals surface area (Å²) in [6, 6.07) is -0.635. The van der Waals surface area contributed by atoms with Gasteiger partial charge in [-0.05, 0) is 57.8 Å². The zero-order valence-electron chi connectivity index (χ0n) is 42.2. The fourth-order valence-corrected chi connectivity index (χ4v) is 8.78. The van der Waals surface area contributed by atoms with Gasteiger partial charge in [0.2, 0.25) is 5.91 Å². The molecule has 0 aliphatic heterocycles. The summed E-state index contributed by atoms with van der Waals surface area (Å²) in [5.74, 6) is -0.0705. The van der Waals surface area contributed by atoms with Gasteiger partial charge in [-0.15, -0.1) is 0 Å². The van der Waals surface area contributed by atoms with Crippen molar-refractivity contribution >= 4 is 5.91 Å². The molecular weight excluding hydrogens is 759 g/mol. The monoisotopic (exact) mass is 870 g/mol. The largest absolute Gasteiger partial charge is 0.394 e. The quantitative estimate of drug-likeness (QED) is 0.0421. The number of allylic oxidation sites excluding steroid dienone is 5. The van der Waals surface area contributed by atoms with E-state index in [1.54, 1.807) is 6.08 Å². The number of aliphatic hydroxyl groups is 2. The number of nitrogens with one attached hydrogen (secondary N) is 1. The van der Waals surface area contributed by atoms with Gasteiger partial charge in [-0.1, -0.05) is 281 Å². The van der Waals surface area contributed by atoms with E-state index in [1.165, 1.54) is 257 Å². The molecule has 0 bridgehead atoms. The average molecular weight is 871 g/mol. The molecule has 0 spiro atoms. The van der Waals surface area contributed by atoms with Crippen LogP contribution in [-0.2, 0) is 4.79 Å². The highest BCUT2D eigenvalue weighted by Crippen LogP contribution is 2.17. The second-order valence-electron chi connectivity index (χ2n) is 19.3. The summed E-state index contributed by atoms with van der Waals surface area (Å²) in [4.78, 5) is 12.4. The number of carbonyl (C=O) groups is 1. The van der Waals surface area contributed by atoms with Crippen LogP contribution in [0, 0.1) is 0 Å². The second-order valence-corrected chi connectivity index (χ2v) is 19.3. The third-order valence-electron chi connectivity index (χ3n) is 13.1. The van der Waals surface area contributed by atoms with E-state index in [2.05, 4.69) is 43.5 Å². The van der Waals surface area contributed by atoms with Crippen LogP contribution in [0.5, 0.6) is 0 Å². The Hall–Kier alpha value is -1.39. The van der Waals surface area contributed by atoms with Crippen molar-refractivity contribution < 1.29 is 15.0 Å². The van der Waals surface area contributed by atoms with Crippen LogP contribution in [0.15, 0.2) is 36.5 Å². The van der Waals surface area contributed by atoms with Crippen molar-refractivity contribution in [3.05, 3.63) is 36.5 Å². The summed E-state index contributed by atoms with van der Waals surface area (Å²) in [5, 5.41) is 23.0. The highest BCUT2D eigenvalue weighted by molar-refractivity contribution is 5.76. The molecule has 4 heteroatoms. The van der Waals surface area contributed by atoms with Crippen molar-refractivity contribution in [3.63, 3.8) is 0 Å². The first kappa shape index (κ1) is 60.6. The summed E-state index contributed by atoms with van der Waals surface area (Å²) in [6.07, 6.45) is 73.4. The maximum atomic E-state index is 12.4. The minimum absolute atomic E-state index is 0.0705. The van der Waals surface area contributed by atoms with Crippen molar-refractivity contribution in [1.82, 2.24) is 5.32 Å². The molecule has 0 radical (unpaired) electrons. The van der Waals surface area contributed by atoms with Gasteiger partial charge in [-0.25, -0.2) is 0 Å². The molecule has 0 saturated carbocycles. The van der Waals surface area contributed by atoms with Gasteiger partial charge in [-0.2, -0.15) is 0 Å². The Morgan fingerprint density at radius 2 is 0.629 bits per heavy atom. The molecule has 4 nitrogen and oxygen atoms in total. The lowest BCUT2D eigenvalue weighted by molar-refractivity contribution is -0.123. The number of carbonyl (C=O) groups excluding carboxylic acids is 1.